The van der Waals surface area contributed by atoms with E-state index in [0.717, 1.165) is 12.8 Å². The lowest BCUT2D eigenvalue weighted by Gasteiger charge is -2.22. The molecule has 0 unspecified atom stereocenters. The molecule has 1 fully saturated rings. The van der Waals surface area contributed by atoms with Gasteiger partial charge in [0.15, 0.2) is 5.82 Å². The monoisotopic (exact) mass is 263 g/mol. The van der Waals surface area contributed by atoms with Gasteiger partial charge in [0.1, 0.15) is 5.82 Å². The van der Waals surface area contributed by atoms with Crippen molar-refractivity contribution in [3.8, 4) is 11.4 Å². The zero-order valence-corrected chi connectivity index (χ0v) is 10.3. The van der Waals surface area contributed by atoms with E-state index >= 15 is 0 Å². The van der Waals surface area contributed by atoms with E-state index in [2.05, 4.69) is 15.5 Å². The van der Waals surface area contributed by atoms with Gasteiger partial charge in [-0.25, -0.2) is 9.07 Å². The van der Waals surface area contributed by atoms with Crippen LogP contribution in [0, 0.1) is 5.82 Å². The molecule has 0 radical (unpaired) electrons. The molecule has 100 valence electrons. The van der Waals surface area contributed by atoms with E-state index in [-0.39, 0.29) is 11.9 Å². The lowest BCUT2D eigenvalue weighted by molar-refractivity contribution is 0.0662. The van der Waals surface area contributed by atoms with Crippen LogP contribution in [0.1, 0.15) is 18.9 Å². The van der Waals surface area contributed by atoms with Gasteiger partial charge in [-0.2, -0.15) is 0 Å². The molecule has 6 nitrogen and oxygen atoms in total. The summed E-state index contributed by atoms with van der Waals surface area (Å²) < 4.78 is 20.9. The summed E-state index contributed by atoms with van der Waals surface area (Å²) in [6.07, 6.45) is 1.64. The fourth-order valence-electron chi connectivity index (χ4n) is 2.26. The third-order valence-electron chi connectivity index (χ3n) is 3.26. The van der Waals surface area contributed by atoms with E-state index in [9.17, 15) is 4.39 Å². The first-order valence-electron chi connectivity index (χ1n) is 6.16. The zero-order valence-electron chi connectivity index (χ0n) is 10.3. The Morgan fingerprint density at radius 3 is 2.89 bits per heavy atom. The van der Waals surface area contributed by atoms with E-state index in [1.807, 2.05) is 0 Å². The lowest BCUT2D eigenvalue weighted by atomic mass is 10.1. The molecule has 1 aromatic heterocycles. The third-order valence-corrected chi connectivity index (χ3v) is 3.26. The number of rotatable bonds is 2. The van der Waals surface area contributed by atoms with Gasteiger partial charge < -0.3 is 10.5 Å². The molecule has 1 aliphatic heterocycles. The second-order valence-electron chi connectivity index (χ2n) is 4.53. The Labute approximate surface area is 109 Å². The number of nitrogen functional groups attached to an aromatic ring is 1. The highest BCUT2D eigenvalue weighted by Crippen LogP contribution is 2.28. The molecule has 0 saturated carbocycles. The summed E-state index contributed by atoms with van der Waals surface area (Å²) in [5.41, 5.74) is 6.51. The predicted molar refractivity (Wildman–Crippen MR) is 66.7 cm³/mol. The second-order valence-corrected chi connectivity index (χ2v) is 4.53. The number of halogens is 1. The average molecular weight is 263 g/mol. The molecular formula is C12H14FN5O. The van der Waals surface area contributed by atoms with E-state index in [4.69, 9.17) is 10.5 Å². The van der Waals surface area contributed by atoms with Crippen LogP contribution in [-0.2, 0) is 4.74 Å². The van der Waals surface area contributed by atoms with Crippen molar-refractivity contribution in [2.24, 2.45) is 0 Å². The summed E-state index contributed by atoms with van der Waals surface area (Å²) in [7, 11) is 0. The first-order valence-corrected chi connectivity index (χ1v) is 6.16. The van der Waals surface area contributed by atoms with Crippen molar-refractivity contribution in [3.63, 3.8) is 0 Å². The molecule has 2 N–H and O–H groups in total. The van der Waals surface area contributed by atoms with Crippen LogP contribution < -0.4 is 5.73 Å². The standard InChI is InChI=1S/C12H14FN5O/c13-11-2-1-8(14)7-10(11)12-15-16-17-18(12)9-3-5-19-6-4-9/h1-2,7,9H,3-6,14H2. The van der Waals surface area contributed by atoms with E-state index in [1.54, 1.807) is 10.7 Å². The fraction of sp³-hybridized carbons (Fsp3) is 0.417. The smallest absolute Gasteiger partial charge is 0.185 e. The highest BCUT2D eigenvalue weighted by Gasteiger charge is 2.22. The Hall–Kier alpha value is -2.02. The topological polar surface area (TPSA) is 78.9 Å². The van der Waals surface area contributed by atoms with Crippen molar-refractivity contribution in [2.75, 3.05) is 18.9 Å². The van der Waals surface area contributed by atoms with Gasteiger partial charge in [0, 0.05) is 18.9 Å². The van der Waals surface area contributed by atoms with Gasteiger partial charge in [0.05, 0.1) is 11.6 Å². The quantitative estimate of drug-likeness (QED) is 0.829. The van der Waals surface area contributed by atoms with Gasteiger partial charge in [-0.15, -0.1) is 5.10 Å². The minimum Gasteiger partial charge on any atom is -0.399 e. The van der Waals surface area contributed by atoms with Gasteiger partial charge in [-0.05, 0) is 41.5 Å². The van der Waals surface area contributed by atoms with Crippen LogP contribution in [0.5, 0.6) is 0 Å². The van der Waals surface area contributed by atoms with E-state index in [0.29, 0.717) is 30.3 Å². The molecule has 1 aromatic carbocycles. The van der Waals surface area contributed by atoms with Crippen molar-refractivity contribution < 1.29 is 9.13 Å². The van der Waals surface area contributed by atoms with Crippen molar-refractivity contribution in [1.29, 1.82) is 0 Å². The average Bonchev–Trinajstić information content (AvgIpc) is 2.91. The van der Waals surface area contributed by atoms with Crippen molar-refractivity contribution >= 4 is 5.69 Å². The number of ether oxygens (including phenoxy) is 1. The summed E-state index contributed by atoms with van der Waals surface area (Å²) in [6.45, 7) is 1.34. The molecule has 19 heavy (non-hydrogen) atoms. The number of aromatic nitrogens is 4. The Balaban J connectivity index is 2.01. The van der Waals surface area contributed by atoms with Crippen molar-refractivity contribution in [1.82, 2.24) is 20.2 Å². The fourth-order valence-corrected chi connectivity index (χ4v) is 2.26. The van der Waals surface area contributed by atoms with Crippen molar-refractivity contribution in [3.05, 3.63) is 24.0 Å². The maximum atomic E-state index is 13.9. The minimum atomic E-state index is -0.377. The Morgan fingerprint density at radius 1 is 1.32 bits per heavy atom. The van der Waals surface area contributed by atoms with E-state index < -0.39 is 0 Å². The molecule has 0 aliphatic carbocycles. The molecule has 7 heteroatoms. The summed E-state index contributed by atoms with van der Waals surface area (Å²) in [5.74, 6) is 0.0361. The summed E-state index contributed by atoms with van der Waals surface area (Å²) in [5, 5.41) is 11.6. The number of nitrogens with zero attached hydrogens (tertiary/aromatic N) is 4. The summed E-state index contributed by atoms with van der Waals surface area (Å²) >= 11 is 0. The summed E-state index contributed by atoms with van der Waals surface area (Å²) in [4.78, 5) is 0. The molecule has 2 heterocycles. The largest absolute Gasteiger partial charge is 0.399 e. The molecule has 0 bridgehead atoms. The van der Waals surface area contributed by atoms with E-state index in [1.165, 1.54) is 12.1 Å². The van der Waals surface area contributed by atoms with Crippen LogP contribution in [0.3, 0.4) is 0 Å². The molecule has 1 saturated heterocycles. The number of nitrogens with two attached hydrogens (primary N) is 1. The van der Waals surface area contributed by atoms with Gasteiger partial charge in [0.2, 0.25) is 0 Å². The minimum absolute atomic E-state index is 0.139. The SMILES string of the molecule is Nc1ccc(F)c(-c2nnnn2C2CCOCC2)c1. The lowest BCUT2D eigenvalue weighted by Crippen LogP contribution is -2.21. The first kappa shape index (κ1) is 12.0. The number of hydrogen-bond donors (Lipinski definition) is 1. The molecule has 0 atom stereocenters. The number of benzene rings is 1. The Bertz CT molecular complexity index is 579. The summed E-state index contributed by atoms with van der Waals surface area (Å²) in [6, 6.07) is 4.53. The molecule has 0 amide bonds. The van der Waals surface area contributed by atoms with Gasteiger partial charge >= 0.3 is 0 Å². The number of hydrogen-bond acceptors (Lipinski definition) is 5. The van der Waals surface area contributed by atoms with Gasteiger partial charge in [0.25, 0.3) is 0 Å². The highest BCUT2D eigenvalue weighted by molar-refractivity contribution is 5.61. The third kappa shape index (κ3) is 2.28. The maximum absolute atomic E-state index is 13.9. The maximum Gasteiger partial charge on any atom is 0.185 e. The van der Waals surface area contributed by atoms with Crippen molar-refractivity contribution in [2.45, 2.75) is 18.9 Å². The first-order chi connectivity index (χ1) is 9.25. The molecule has 1 aliphatic rings. The normalized spacial score (nSPS) is 16.7. The Kier molecular flexibility index (Phi) is 3.12. The molecular weight excluding hydrogens is 249 g/mol. The number of tetrazole rings is 1. The van der Waals surface area contributed by atoms with Crippen LogP contribution in [0.15, 0.2) is 18.2 Å². The molecule has 2 aromatic rings. The predicted octanol–water partition coefficient (Wildman–Crippen LogP) is 1.41. The number of anilines is 1. The molecule has 3 rings (SSSR count). The van der Waals surface area contributed by atoms with Crippen LogP contribution in [0.2, 0.25) is 0 Å². The van der Waals surface area contributed by atoms with Crippen LogP contribution >= 0.6 is 0 Å². The second kappa shape index (κ2) is 4.93. The Morgan fingerprint density at radius 2 is 2.11 bits per heavy atom. The highest BCUT2D eigenvalue weighted by atomic mass is 19.1. The zero-order chi connectivity index (χ0) is 13.2. The van der Waals surface area contributed by atoms with Gasteiger partial charge in [-0.1, -0.05) is 0 Å². The van der Waals surface area contributed by atoms with Crippen LogP contribution in [0.4, 0.5) is 10.1 Å². The van der Waals surface area contributed by atoms with Crippen LogP contribution in [0.25, 0.3) is 11.4 Å². The molecule has 0 spiro atoms. The van der Waals surface area contributed by atoms with Gasteiger partial charge in [-0.3, -0.25) is 0 Å². The van der Waals surface area contributed by atoms with Crippen LogP contribution in [-0.4, -0.2) is 33.4 Å².